The van der Waals surface area contributed by atoms with Crippen molar-refractivity contribution in [2.75, 3.05) is 5.32 Å². The van der Waals surface area contributed by atoms with Crippen molar-refractivity contribution in [2.24, 2.45) is 0 Å². The van der Waals surface area contributed by atoms with E-state index in [1.165, 1.54) is 4.68 Å². The van der Waals surface area contributed by atoms with Crippen LogP contribution in [-0.4, -0.2) is 19.7 Å². The van der Waals surface area contributed by atoms with E-state index in [-0.39, 0.29) is 5.95 Å². The van der Waals surface area contributed by atoms with Gasteiger partial charge in [0.2, 0.25) is 0 Å². The Bertz CT molecular complexity index is 394. The third-order valence-corrected chi connectivity index (χ3v) is 1.70. The molecule has 68 valence electrons. The molecule has 0 atom stereocenters. The second kappa shape index (κ2) is 2.54. The van der Waals surface area contributed by atoms with Crippen LogP contribution in [0.2, 0.25) is 0 Å². The van der Waals surface area contributed by atoms with Crippen LogP contribution in [0, 0.1) is 10.1 Å². The highest BCUT2D eigenvalue weighted by molar-refractivity contribution is 5.38. The summed E-state index contributed by atoms with van der Waals surface area (Å²) in [5.41, 5.74) is 0.926. The molecule has 0 unspecified atom stereocenters. The topological polar surface area (TPSA) is 85.9 Å². The minimum Gasteiger partial charge on any atom is -0.390 e. The molecule has 2 rings (SSSR count). The van der Waals surface area contributed by atoms with Crippen LogP contribution in [0.15, 0.2) is 11.8 Å². The van der Waals surface area contributed by atoms with Crippen molar-refractivity contribution < 1.29 is 4.92 Å². The van der Waals surface area contributed by atoms with Crippen LogP contribution in [0.3, 0.4) is 0 Å². The maximum absolute atomic E-state index is 10.3. The Morgan fingerprint density at radius 2 is 2.54 bits per heavy atom. The number of hydrogen-bond acceptors (Lipinski definition) is 5. The first-order valence-corrected chi connectivity index (χ1v) is 3.70. The predicted molar refractivity (Wildman–Crippen MR) is 44.1 cm³/mol. The molecule has 1 aromatic heterocycles. The number of nitrogens with zero attached hydrogens (tertiary/aromatic N) is 4. The number of hydrogen-bond donors (Lipinski definition) is 1. The molecule has 1 aliphatic rings. The normalized spacial score (nSPS) is 14.4. The molecular weight excluding hydrogens is 174 g/mol. The van der Waals surface area contributed by atoms with Crippen molar-refractivity contribution in [3.63, 3.8) is 0 Å². The Kier molecular flexibility index (Phi) is 1.51. The second-order valence-electron chi connectivity index (χ2n) is 2.69. The summed E-state index contributed by atoms with van der Waals surface area (Å²) in [4.78, 5) is 13.4. The molecule has 13 heavy (non-hydrogen) atoms. The molecule has 7 heteroatoms. The van der Waals surface area contributed by atoms with Crippen molar-refractivity contribution in [1.29, 1.82) is 0 Å². The number of fused-ring (bicyclic) bond motifs is 1. The molecule has 0 aliphatic carbocycles. The van der Waals surface area contributed by atoms with Gasteiger partial charge in [0, 0.05) is 10.8 Å². The van der Waals surface area contributed by atoms with Gasteiger partial charge in [0.05, 0.1) is 6.54 Å². The largest absolute Gasteiger partial charge is 0.493 e. The van der Waals surface area contributed by atoms with Crippen LogP contribution >= 0.6 is 0 Å². The zero-order valence-electron chi connectivity index (χ0n) is 6.89. The summed E-state index contributed by atoms with van der Waals surface area (Å²) in [5.74, 6) is 0.0531. The molecule has 7 nitrogen and oxygen atoms in total. The molecular formula is C6H7N5O2. The van der Waals surface area contributed by atoms with Gasteiger partial charge in [-0.3, -0.25) is 0 Å². The van der Waals surface area contributed by atoms with Crippen molar-refractivity contribution in [2.45, 2.75) is 13.5 Å². The van der Waals surface area contributed by atoms with E-state index in [1.54, 1.807) is 0 Å². The Hall–Kier alpha value is -1.92. The average molecular weight is 181 g/mol. The Labute approximate surface area is 73.2 Å². The molecule has 2 heterocycles. The first kappa shape index (κ1) is 7.71. The molecule has 1 aromatic rings. The van der Waals surface area contributed by atoms with Gasteiger partial charge in [-0.15, -0.1) is 4.68 Å². The second-order valence-corrected chi connectivity index (χ2v) is 2.69. The van der Waals surface area contributed by atoms with Crippen molar-refractivity contribution in [1.82, 2.24) is 14.8 Å². The first-order valence-electron chi connectivity index (χ1n) is 3.70. The van der Waals surface area contributed by atoms with Crippen LogP contribution in [0.25, 0.3) is 0 Å². The van der Waals surface area contributed by atoms with Gasteiger partial charge >= 0.3 is 11.9 Å². The van der Waals surface area contributed by atoms with E-state index in [0.29, 0.717) is 12.5 Å². The SMILES string of the molecule is CC1=CCn2nc([N+](=O)[O-])nc2N1. The molecule has 0 fully saturated rings. The van der Waals surface area contributed by atoms with Gasteiger partial charge in [0.25, 0.3) is 0 Å². The van der Waals surface area contributed by atoms with Crippen molar-refractivity contribution in [3.8, 4) is 0 Å². The van der Waals surface area contributed by atoms with Crippen molar-refractivity contribution in [3.05, 3.63) is 21.9 Å². The lowest BCUT2D eigenvalue weighted by Gasteiger charge is -2.07. The fraction of sp³-hybridized carbons (Fsp3) is 0.333. The number of allylic oxidation sites excluding steroid dienone is 2. The fourth-order valence-electron chi connectivity index (χ4n) is 1.08. The molecule has 0 aromatic carbocycles. The lowest BCUT2D eigenvalue weighted by Crippen LogP contribution is -2.12. The third kappa shape index (κ3) is 1.24. The van der Waals surface area contributed by atoms with Crippen LogP contribution in [0.1, 0.15) is 6.92 Å². The van der Waals surface area contributed by atoms with E-state index in [2.05, 4.69) is 15.4 Å². The highest BCUT2D eigenvalue weighted by atomic mass is 16.6. The zero-order chi connectivity index (χ0) is 9.42. The molecule has 0 saturated heterocycles. The lowest BCUT2D eigenvalue weighted by atomic mass is 10.4. The summed E-state index contributed by atoms with van der Waals surface area (Å²) < 4.78 is 1.45. The van der Waals surface area contributed by atoms with E-state index in [4.69, 9.17) is 0 Å². The highest BCUT2D eigenvalue weighted by Gasteiger charge is 2.22. The number of anilines is 1. The summed E-state index contributed by atoms with van der Waals surface area (Å²) in [6, 6.07) is 0. The summed E-state index contributed by atoms with van der Waals surface area (Å²) in [6.45, 7) is 2.39. The highest BCUT2D eigenvalue weighted by Crippen LogP contribution is 2.16. The average Bonchev–Trinajstić information content (AvgIpc) is 2.46. The van der Waals surface area contributed by atoms with Crippen LogP contribution < -0.4 is 5.32 Å². The van der Waals surface area contributed by atoms with E-state index in [1.807, 2.05) is 13.0 Å². The maximum atomic E-state index is 10.3. The fourth-order valence-corrected chi connectivity index (χ4v) is 1.08. The lowest BCUT2D eigenvalue weighted by molar-refractivity contribution is -0.394. The monoisotopic (exact) mass is 181 g/mol. The summed E-state index contributed by atoms with van der Waals surface area (Å²) in [6.07, 6.45) is 1.88. The van der Waals surface area contributed by atoms with Gasteiger partial charge < -0.3 is 15.4 Å². The molecule has 0 amide bonds. The minimum atomic E-state index is -0.609. The Balaban J connectivity index is 2.37. The van der Waals surface area contributed by atoms with Gasteiger partial charge in [-0.25, -0.2) is 0 Å². The molecule has 1 N–H and O–H groups in total. The van der Waals surface area contributed by atoms with Gasteiger partial charge in [-0.2, -0.15) is 0 Å². The number of aromatic nitrogens is 3. The molecule has 0 spiro atoms. The van der Waals surface area contributed by atoms with Crippen LogP contribution in [0.4, 0.5) is 11.9 Å². The molecule has 0 saturated carbocycles. The van der Waals surface area contributed by atoms with E-state index in [9.17, 15) is 10.1 Å². The third-order valence-electron chi connectivity index (χ3n) is 1.70. The van der Waals surface area contributed by atoms with E-state index >= 15 is 0 Å². The molecule has 0 bridgehead atoms. The number of nitro groups is 1. The quantitative estimate of drug-likeness (QED) is 0.504. The molecule has 0 radical (unpaired) electrons. The number of rotatable bonds is 1. The maximum Gasteiger partial charge on any atom is 0.493 e. The van der Waals surface area contributed by atoms with Gasteiger partial charge in [0.15, 0.2) is 0 Å². The smallest absolute Gasteiger partial charge is 0.390 e. The Morgan fingerprint density at radius 1 is 1.77 bits per heavy atom. The number of nitrogens with one attached hydrogen (secondary N) is 1. The van der Waals surface area contributed by atoms with Crippen LogP contribution in [-0.2, 0) is 6.54 Å². The summed E-state index contributed by atoms with van der Waals surface area (Å²) in [5, 5.41) is 16.9. The standard InChI is InChI=1S/C6H7N5O2/c1-4-2-3-10-5(7-4)8-6(9-10)11(12)13/h2H,3H2,1H3,(H,7,8,9). The van der Waals surface area contributed by atoms with E-state index in [0.717, 1.165) is 5.70 Å². The minimum absolute atomic E-state index is 0.370. The summed E-state index contributed by atoms with van der Waals surface area (Å²) >= 11 is 0. The molecule has 1 aliphatic heterocycles. The Morgan fingerprint density at radius 3 is 3.23 bits per heavy atom. The van der Waals surface area contributed by atoms with Crippen LogP contribution in [0.5, 0.6) is 0 Å². The zero-order valence-corrected chi connectivity index (χ0v) is 6.89. The summed E-state index contributed by atoms with van der Waals surface area (Å²) in [7, 11) is 0. The predicted octanol–water partition coefficient (Wildman–Crippen LogP) is 0.516. The van der Waals surface area contributed by atoms with Gasteiger partial charge in [0.1, 0.15) is 0 Å². The van der Waals surface area contributed by atoms with Gasteiger partial charge in [-0.1, -0.05) is 0 Å². The first-order chi connectivity index (χ1) is 6.16. The van der Waals surface area contributed by atoms with Gasteiger partial charge in [-0.05, 0) is 22.9 Å². The van der Waals surface area contributed by atoms with Crippen molar-refractivity contribution >= 4 is 11.9 Å². The van der Waals surface area contributed by atoms with E-state index < -0.39 is 4.92 Å².